The summed E-state index contributed by atoms with van der Waals surface area (Å²) in [5, 5.41) is 25.2. The lowest BCUT2D eigenvalue weighted by Crippen LogP contribution is -2.48. The van der Waals surface area contributed by atoms with Gasteiger partial charge in [-0.25, -0.2) is 9.97 Å². The van der Waals surface area contributed by atoms with E-state index in [1.165, 1.54) is 0 Å². The lowest BCUT2D eigenvalue weighted by Gasteiger charge is -2.34. The third-order valence-corrected chi connectivity index (χ3v) is 7.64. The molecule has 2 saturated heterocycles. The number of aliphatic carboxylic acids is 1. The minimum absolute atomic E-state index is 0.0553. The van der Waals surface area contributed by atoms with Gasteiger partial charge >= 0.3 is 5.97 Å². The maximum Gasteiger partial charge on any atom is 0.306 e. The van der Waals surface area contributed by atoms with E-state index < -0.39 is 5.97 Å². The van der Waals surface area contributed by atoms with Crippen molar-refractivity contribution in [2.75, 3.05) is 48.4 Å². The minimum Gasteiger partial charge on any atom is -0.497 e. The molecular weight excluding hydrogens is 522 g/mol. The van der Waals surface area contributed by atoms with Crippen molar-refractivity contribution in [3.63, 3.8) is 0 Å². The molecule has 1 amide bonds. The summed E-state index contributed by atoms with van der Waals surface area (Å²) in [6.45, 7) is 2.75. The number of carbonyl (C=O) groups excluding carboxylic acids is 1. The normalized spacial score (nSPS) is 17.4. The number of nitrogens with one attached hydrogen (secondary N) is 2. The van der Waals surface area contributed by atoms with E-state index >= 15 is 0 Å². The van der Waals surface area contributed by atoms with Crippen molar-refractivity contribution in [3.8, 4) is 11.8 Å². The van der Waals surface area contributed by atoms with Gasteiger partial charge in [0, 0.05) is 49.2 Å². The number of methoxy groups -OCH3 is 1. The van der Waals surface area contributed by atoms with E-state index in [1.807, 2.05) is 24.3 Å². The quantitative estimate of drug-likeness (QED) is 0.375. The average molecular weight is 556 g/mol. The second-order valence-corrected chi connectivity index (χ2v) is 10.3. The Morgan fingerprint density at radius 1 is 1.02 bits per heavy atom. The number of nitrogens with zero attached hydrogens (tertiary/aromatic N) is 5. The summed E-state index contributed by atoms with van der Waals surface area (Å²) in [5.74, 6) is 0.559. The number of carboxylic acids is 1. The van der Waals surface area contributed by atoms with Crippen molar-refractivity contribution in [2.45, 2.75) is 31.7 Å². The number of piperidine rings is 2. The molecule has 212 valence electrons. The van der Waals surface area contributed by atoms with E-state index in [1.54, 1.807) is 37.6 Å². The lowest BCUT2D eigenvalue weighted by atomic mass is 9.97. The molecule has 1 atom stereocenters. The molecule has 41 heavy (non-hydrogen) atoms. The smallest absolute Gasteiger partial charge is 0.306 e. The summed E-state index contributed by atoms with van der Waals surface area (Å²) in [5.41, 5.74) is 2.55. The number of hydrogen-bond acceptors (Lipinski definition) is 9. The van der Waals surface area contributed by atoms with E-state index in [0.717, 1.165) is 30.8 Å². The molecule has 2 aliphatic rings. The number of anilines is 4. The lowest BCUT2D eigenvalue weighted by molar-refractivity contribution is -0.142. The van der Waals surface area contributed by atoms with Gasteiger partial charge in [0.05, 0.1) is 19.2 Å². The van der Waals surface area contributed by atoms with Gasteiger partial charge in [0.2, 0.25) is 0 Å². The van der Waals surface area contributed by atoms with Crippen molar-refractivity contribution >= 4 is 34.9 Å². The Bertz CT molecular complexity index is 1410. The van der Waals surface area contributed by atoms with E-state index in [4.69, 9.17) is 9.72 Å². The number of rotatable bonds is 8. The van der Waals surface area contributed by atoms with Crippen LogP contribution in [0.2, 0.25) is 0 Å². The molecule has 5 rings (SSSR count). The molecule has 11 heteroatoms. The van der Waals surface area contributed by atoms with Crippen LogP contribution in [0.5, 0.6) is 5.75 Å². The second kappa shape index (κ2) is 12.6. The fourth-order valence-corrected chi connectivity index (χ4v) is 5.29. The molecule has 0 spiro atoms. The van der Waals surface area contributed by atoms with Gasteiger partial charge < -0.3 is 30.3 Å². The van der Waals surface area contributed by atoms with E-state index in [-0.39, 0.29) is 23.6 Å². The highest BCUT2D eigenvalue weighted by atomic mass is 16.5. The number of aromatic nitrogens is 2. The molecule has 0 saturated carbocycles. The Kier molecular flexibility index (Phi) is 8.48. The maximum atomic E-state index is 12.8. The van der Waals surface area contributed by atoms with Crippen LogP contribution in [0.1, 0.15) is 41.7 Å². The first-order valence-electron chi connectivity index (χ1n) is 13.8. The predicted molar refractivity (Wildman–Crippen MR) is 155 cm³/mol. The predicted octanol–water partition coefficient (Wildman–Crippen LogP) is 3.80. The Labute approximate surface area is 238 Å². The van der Waals surface area contributed by atoms with Crippen molar-refractivity contribution in [1.82, 2.24) is 15.3 Å². The topological polar surface area (TPSA) is 144 Å². The summed E-state index contributed by atoms with van der Waals surface area (Å²) in [7, 11) is 1.59. The number of amides is 1. The standard InChI is InChI=1S/C30H33N7O4/c1-41-25-10-4-20(5-11-25)29(38)34-23-3-2-14-37(19-23)27-18-32-26(17-31)28(35-27)33-22-6-8-24(9-7-22)36-15-12-21(13-16-36)30(39)40/h4-11,18,21,23H,2-3,12-16,19H2,1H3,(H,33,35)(H,34,38)(H,39,40). The molecule has 0 bridgehead atoms. The van der Waals surface area contributed by atoms with E-state index in [0.29, 0.717) is 55.4 Å². The summed E-state index contributed by atoms with van der Waals surface area (Å²) in [6, 6.07) is 16.9. The summed E-state index contributed by atoms with van der Waals surface area (Å²) < 4.78 is 5.17. The highest BCUT2D eigenvalue weighted by Gasteiger charge is 2.25. The highest BCUT2D eigenvalue weighted by molar-refractivity contribution is 5.94. The fraction of sp³-hybridized carbons (Fsp3) is 0.367. The number of benzene rings is 2. The second-order valence-electron chi connectivity index (χ2n) is 10.3. The van der Waals surface area contributed by atoms with Crippen LogP contribution in [0.3, 0.4) is 0 Å². The largest absolute Gasteiger partial charge is 0.497 e. The molecule has 1 unspecified atom stereocenters. The number of carbonyl (C=O) groups is 2. The van der Waals surface area contributed by atoms with Gasteiger partial charge in [-0.3, -0.25) is 9.59 Å². The molecule has 11 nitrogen and oxygen atoms in total. The maximum absolute atomic E-state index is 12.8. The highest BCUT2D eigenvalue weighted by Crippen LogP contribution is 2.27. The zero-order chi connectivity index (χ0) is 28.8. The van der Waals surface area contributed by atoms with Crippen LogP contribution in [-0.4, -0.2) is 66.3 Å². The summed E-state index contributed by atoms with van der Waals surface area (Å²) >= 11 is 0. The van der Waals surface area contributed by atoms with Gasteiger partial charge in [-0.1, -0.05) is 0 Å². The van der Waals surface area contributed by atoms with Gasteiger partial charge in [0.15, 0.2) is 11.5 Å². The monoisotopic (exact) mass is 555 g/mol. The molecule has 2 fully saturated rings. The number of ether oxygens (including phenoxy) is 1. The summed E-state index contributed by atoms with van der Waals surface area (Å²) in [4.78, 5) is 37.4. The first-order valence-corrected chi connectivity index (χ1v) is 13.8. The average Bonchev–Trinajstić information content (AvgIpc) is 3.01. The minimum atomic E-state index is -0.723. The molecule has 0 aliphatic carbocycles. The van der Waals surface area contributed by atoms with E-state index in [9.17, 15) is 20.0 Å². The van der Waals surface area contributed by atoms with Crippen LogP contribution in [0.15, 0.2) is 54.7 Å². The summed E-state index contributed by atoms with van der Waals surface area (Å²) in [6.07, 6.45) is 4.59. The van der Waals surface area contributed by atoms with Crippen molar-refractivity contribution in [2.24, 2.45) is 5.92 Å². The number of carboxylic acid groups (broad SMARTS) is 1. The van der Waals surface area contributed by atoms with Gasteiger partial charge in [0.25, 0.3) is 5.91 Å². The van der Waals surface area contributed by atoms with Crippen LogP contribution < -0.4 is 25.2 Å². The van der Waals surface area contributed by atoms with Crippen LogP contribution in [0.4, 0.5) is 23.0 Å². The van der Waals surface area contributed by atoms with Crippen molar-refractivity contribution < 1.29 is 19.4 Å². The van der Waals surface area contributed by atoms with Crippen LogP contribution >= 0.6 is 0 Å². The molecule has 2 aromatic carbocycles. The zero-order valence-corrected chi connectivity index (χ0v) is 22.9. The molecule has 0 radical (unpaired) electrons. The molecule has 3 heterocycles. The van der Waals surface area contributed by atoms with E-state index in [2.05, 4.69) is 31.5 Å². The first kappa shape index (κ1) is 27.7. The first-order chi connectivity index (χ1) is 19.9. The van der Waals surface area contributed by atoms with Gasteiger partial charge in [-0.05, 0) is 74.2 Å². The third-order valence-electron chi connectivity index (χ3n) is 7.64. The van der Waals surface area contributed by atoms with Crippen LogP contribution in [0.25, 0.3) is 0 Å². The van der Waals surface area contributed by atoms with Gasteiger partial charge in [-0.2, -0.15) is 5.26 Å². The zero-order valence-electron chi connectivity index (χ0n) is 22.9. The Morgan fingerprint density at radius 2 is 1.76 bits per heavy atom. The van der Waals surface area contributed by atoms with Gasteiger partial charge in [0.1, 0.15) is 17.6 Å². The molecule has 1 aromatic heterocycles. The Morgan fingerprint density at radius 3 is 2.41 bits per heavy atom. The van der Waals surface area contributed by atoms with Crippen molar-refractivity contribution in [3.05, 3.63) is 66.0 Å². The molecule has 3 N–H and O–H groups in total. The number of nitriles is 1. The Hall–Kier alpha value is -4.85. The molecule has 3 aromatic rings. The third kappa shape index (κ3) is 6.66. The molecular formula is C30H33N7O4. The Balaban J connectivity index is 1.23. The van der Waals surface area contributed by atoms with Crippen LogP contribution in [0, 0.1) is 17.2 Å². The number of hydrogen-bond donors (Lipinski definition) is 3. The SMILES string of the molecule is COc1ccc(C(=O)NC2CCCN(c3cnc(C#N)c(Nc4ccc(N5CCC(C(=O)O)CC5)cc4)n3)C2)cc1. The fourth-order valence-electron chi connectivity index (χ4n) is 5.29. The van der Waals surface area contributed by atoms with Gasteiger partial charge in [-0.15, -0.1) is 0 Å². The molecule has 2 aliphatic heterocycles. The van der Waals surface area contributed by atoms with Crippen LogP contribution in [-0.2, 0) is 4.79 Å². The van der Waals surface area contributed by atoms with Crippen molar-refractivity contribution in [1.29, 1.82) is 5.26 Å².